The predicted molar refractivity (Wildman–Crippen MR) is 58.9 cm³/mol. The molecule has 2 rings (SSSR count). The Hall–Kier alpha value is -0.580. The van der Waals surface area contributed by atoms with Gasteiger partial charge in [-0.3, -0.25) is 4.68 Å². The van der Waals surface area contributed by atoms with Crippen LogP contribution in [0.25, 0.3) is 0 Å². The van der Waals surface area contributed by atoms with Crippen molar-refractivity contribution in [3.63, 3.8) is 0 Å². The fourth-order valence-corrected chi connectivity index (χ4v) is 2.45. The highest BCUT2D eigenvalue weighted by Gasteiger charge is 2.28. The Kier molecular flexibility index (Phi) is 3.00. The number of aryl methyl sites for hydroxylation is 2. The molecule has 2 N–H and O–H groups in total. The fourth-order valence-electron chi connectivity index (χ4n) is 2.16. The molecule has 1 aromatic rings. The van der Waals surface area contributed by atoms with Crippen LogP contribution in [0.4, 0.5) is 0 Å². The van der Waals surface area contributed by atoms with Crippen LogP contribution in [0.5, 0.6) is 0 Å². The third-order valence-corrected chi connectivity index (χ3v) is 3.42. The van der Waals surface area contributed by atoms with Gasteiger partial charge in [0.25, 0.3) is 0 Å². The molecule has 0 radical (unpaired) electrons. The van der Waals surface area contributed by atoms with Gasteiger partial charge in [0.15, 0.2) is 0 Å². The summed E-state index contributed by atoms with van der Waals surface area (Å²) in [7, 11) is 1.79. The summed E-state index contributed by atoms with van der Waals surface area (Å²) in [5.74, 6) is 0. The molecule has 1 saturated heterocycles. The monoisotopic (exact) mass is 229 g/mol. The average molecular weight is 230 g/mol. The first-order valence-electron chi connectivity index (χ1n) is 5.21. The van der Waals surface area contributed by atoms with E-state index in [1.165, 1.54) is 0 Å². The van der Waals surface area contributed by atoms with Crippen LogP contribution in [0.1, 0.15) is 30.2 Å². The largest absolute Gasteiger partial charge is 0.387 e. The van der Waals surface area contributed by atoms with Crippen molar-refractivity contribution in [2.75, 3.05) is 6.54 Å². The van der Waals surface area contributed by atoms with Gasteiger partial charge in [0.05, 0.1) is 11.8 Å². The third kappa shape index (κ3) is 1.89. The quantitative estimate of drug-likeness (QED) is 0.801. The zero-order chi connectivity index (χ0) is 11.0. The highest BCUT2D eigenvalue weighted by Crippen LogP contribution is 2.30. The third-order valence-electron chi connectivity index (χ3n) is 2.97. The van der Waals surface area contributed by atoms with Gasteiger partial charge in [0, 0.05) is 18.7 Å². The molecule has 1 fully saturated rings. The van der Waals surface area contributed by atoms with Crippen molar-refractivity contribution >= 4 is 11.6 Å². The van der Waals surface area contributed by atoms with Gasteiger partial charge in [-0.05, 0) is 26.3 Å². The lowest BCUT2D eigenvalue weighted by molar-refractivity contribution is 0.137. The van der Waals surface area contributed by atoms with Crippen molar-refractivity contribution in [3.05, 3.63) is 16.4 Å². The summed E-state index contributed by atoms with van der Waals surface area (Å²) >= 11 is 6.10. The highest BCUT2D eigenvalue weighted by atomic mass is 35.5. The number of hydrogen-bond acceptors (Lipinski definition) is 3. The second-order valence-corrected chi connectivity index (χ2v) is 4.42. The van der Waals surface area contributed by atoms with Crippen molar-refractivity contribution in [1.29, 1.82) is 0 Å². The summed E-state index contributed by atoms with van der Waals surface area (Å²) < 4.78 is 1.60. The zero-order valence-electron chi connectivity index (χ0n) is 9.00. The van der Waals surface area contributed by atoms with E-state index in [1.807, 2.05) is 6.92 Å². The van der Waals surface area contributed by atoms with Crippen molar-refractivity contribution in [1.82, 2.24) is 15.1 Å². The second-order valence-electron chi connectivity index (χ2n) is 4.06. The van der Waals surface area contributed by atoms with Gasteiger partial charge < -0.3 is 10.4 Å². The molecule has 0 spiro atoms. The Morgan fingerprint density at radius 1 is 1.67 bits per heavy atom. The number of hydrogen-bond donors (Lipinski definition) is 2. The van der Waals surface area contributed by atoms with E-state index in [9.17, 15) is 5.11 Å². The zero-order valence-corrected chi connectivity index (χ0v) is 9.75. The molecule has 1 aliphatic rings. The van der Waals surface area contributed by atoms with Crippen molar-refractivity contribution < 1.29 is 5.11 Å². The van der Waals surface area contributed by atoms with Crippen molar-refractivity contribution in [3.8, 4) is 0 Å². The van der Waals surface area contributed by atoms with Crippen LogP contribution < -0.4 is 5.32 Å². The molecule has 0 bridgehead atoms. The molecule has 0 saturated carbocycles. The summed E-state index contributed by atoms with van der Waals surface area (Å²) in [5.41, 5.74) is 1.57. The van der Waals surface area contributed by atoms with E-state index in [0.717, 1.165) is 30.6 Å². The van der Waals surface area contributed by atoms with E-state index in [4.69, 9.17) is 11.6 Å². The maximum atomic E-state index is 10.2. The minimum absolute atomic E-state index is 0.116. The molecule has 2 unspecified atom stereocenters. The molecule has 0 aliphatic carbocycles. The van der Waals surface area contributed by atoms with Crippen LogP contribution in [-0.2, 0) is 7.05 Å². The van der Waals surface area contributed by atoms with Crippen LogP contribution in [-0.4, -0.2) is 27.5 Å². The van der Waals surface area contributed by atoms with E-state index >= 15 is 0 Å². The number of nitrogens with one attached hydrogen (secondary N) is 1. The van der Waals surface area contributed by atoms with Gasteiger partial charge in [-0.15, -0.1) is 0 Å². The first-order chi connectivity index (χ1) is 7.11. The second kappa shape index (κ2) is 4.12. The Balaban J connectivity index is 2.27. The van der Waals surface area contributed by atoms with Gasteiger partial charge >= 0.3 is 0 Å². The maximum absolute atomic E-state index is 10.2. The highest BCUT2D eigenvalue weighted by molar-refractivity contribution is 6.30. The molecule has 2 atom stereocenters. The number of aliphatic hydroxyl groups excluding tert-OH is 1. The molecule has 4 nitrogen and oxygen atoms in total. The standard InChI is InChI=1S/C10H16ClN3O/c1-6-8(10(11)14(2)13-6)9(15)7-4-3-5-12-7/h7,9,12,15H,3-5H2,1-2H3. The summed E-state index contributed by atoms with van der Waals surface area (Å²) in [4.78, 5) is 0. The Bertz CT molecular complexity index is 358. The fraction of sp³-hybridized carbons (Fsp3) is 0.700. The lowest BCUT2D eigenvalue weighted by atomic mass is 10.0. The molecule has 0 aromatic carbocycles. The average Bonchev–Trinajstić information content (AvgIpc) is 2.76. The Morgan fingerprint density at radius 3 is 2.87 bits per heavy atom. The van der Waals surface area contributed by atoms with Gasteiger partial charge in [0.1, 0.15) is 5.15 Å². The van der Waals surface area contributed by atoms with Gasteiger partial charge in [-0.1, -0.05) is 11.6 Å². The molecule has 84 valence electrons. The van der Waals surface area contributed by atoms with Crippen LogP contribution >= 0.6 is 11.6 Å². The van der Waals surface area contributed by atoms with Crippen LogP contribution in [0.15, 0.2) is 0 Å². The van der Waals surface area contributed by atoms with E-state index in [1.54, 1.807) is 11.7 Å². The first-order valence-corrected chi connectivity index (χ1v) is 5.59. The predicted octanol–water partition coefficient (Wildman–Crippen LogP) is 1.17. The summed E-state index contributed by atoms with van der Waals surface area (Å²) in [5, 5.41) is 18.2. The van der Waals surface area contributed by atoms with Crippen molar-refractivity contribution in [2.45, 2.75) is 31.9 Å². The number of halogens is 1. The molecular formula is C10H16ClN3O. The maximum Gasteiger partial charge on any atom is 0.132 e. The summed E-state index contributed by atoms with van der Waals surface area (Å²) in [6.45, 7) is 2.85. The first kappa shape index (κ1) is 10.9. The van der Waals surface area contributed by atoms with Crippen LogP contribution in [0.3, 0.4) is 0 Å². The van der Waals surface area contributed by atoms with Gasteiger partial charge in [0.2, 0.25) is 0 Å². The molecule has 1 aliphatic heterocycles. The number of aromatic nitrogens is 2. The van der Waals surface area contributed by atoms with E-state index in [0.29, 0.717) is 5.15 Å². The Labute approximate surface area is 94.2 Å². The number of rotatable bonds is 2. The molecule has 5 heteroatoms. The molecule has 2 heterocycles. The molecular weight excluding hydrogens is 214 g/mol. The SMILES string of the molecule is Cc1nn(C)c(Cl)c1C(O)C1CCCN1. The van der Waals surface area contributed by atoms with Crippen LogP contribution in [0, 0.1) is 6.92 Å². The summed E-state index contributed by atoms with van der Waals surface area (Å²) in [6.07, 6.45) is 1.55. The van der Waals surface area contributed by atoms with Crippen molar-refractivity contribution in [2.24, 2.45) is 7.05 Å². The number of aliphatic hydroxyl groups is 1. The van der Waals surface area contributed by atoms with E-state index in [2.05, 4.69) is 10.4 Å². The molecule has 0 amide bonds. The lowest BCUT2D eigenvalue weighted by Crippen LogP contribution is -2.29. The Morgan fingerprint density at radius 2 is 2.40 bits per heavy atom. The topological polar surface area (TPSA) is 50.1 Å². The lowest BCUT2D eigenvalue weighted by Gasteiger charge is -2.18. The van der Waals surface area contributed by atoms with E-state index < -0.39 is 6.10 Å². The van der Waals surface area contributed by atoms with E-state index in [-0.39, 0.29) is 6.04 Å². The van der Waals surface area contributed by atoms with Crippen LogP contribution in [0.2, 0.25) is 5.15 Å². The molecule has 15 heavy (non-hydrogen) atoms. The van der Waals surface area contributed by atoms with Gasteiger partial charge in [-0.25, -0.2) is 0 Å². The van der Waals surface area contributed by atoms with Gasteiger partial charge in [-0.2, -0.15) is 5.10 Å². The minimum Gasteiger partial charge on any atom is -0.387 e. The normalized spacial score (nSPS) is 23.3. The number of nitrogens with zero attached hydrogens (tertiary/aromatic N) is 2. The minimum atomic E-state index is -0.548. The smallest absolute Gasteiger partial charge is 0.132 e. The summed E-state index contributed by atoms with van der Waals surface area (Å²) in [6, 6.07) is 0.116. The molecule has 1 aromatic heterocycles.